The van der Waals surface area contributed by atoms with Crippen LogP contribution in [-0.2, 0) is 11.3 Å². The standard InChI is InChI=1S/C3H2ClF3OS/c4-2(9-8)1-3(5,6)7/h1H2. The van der Waals surface area contributed by atoms with Crippen LogP contribution < -0.4 is 0 Å². The summed E-state index contributed by atoms with van der Waals surface area (Å²) in [6.07, 6.45) is -5.68. The lowest BCUT2D eigenvalue weighted by Gasteiger charge is -2.00. The summed E-state index contributed by atoms with van der Waals surface area (Å²) in [7, 11) is 0. The Morgan fingerprint density at radius 3 is 2.11 bits per heavy atom. The van der Waals surface area contributed by atoms with Gasteiger partial charge >= 0.3 is 6.18 Å². The zero-order chi connectivity index (χ0) is 7.49. The van der Waals surface area contributed by atoms with Crippen LogP contribution in [0.4, 0.5) is 13.2 Å². The van der Waals surface area contributed by atoms with Gasteiger partial charge in [0.1, 0.15) is 15.6 Å². The van der Waals surface area contributed by atoms with E-state index in [0.29, 0.717) is 0 Å². The van der Waals surface area contributed by atoms with Gasteiger partial charge in [-0.05, 0) is 0 Å². The van der Waals surface area contributed by atoms with E-state index in [0.717, 1.165) is 0 Å². The largest absolute Gasteiger partial charge is 0.394 e. The Morgan fingerprint density at radius 2 is 2.00 bits per heavy atom. The maximum Gasteiger partial charge on any atom is 0.394 e. The van der Waals surface area contributed by atoms with Gasteiger partial charge in [0, 0.05) is 0 Å². The Hall–Kier alpha value is -0.0300. The van der Waals surface area contributed by atoms with Gasteiger partial charge in [-0.3, -0.25) is 0 Å². The van der Waals surface area contributed by atoms with Gasteiger partial charge in [-0.2, -0.15) is 13.2 Å². The molecular formula is C3H2ClF3OS. The molecule has 0 aromatic carbocycles. The van der Waals surface area contributed by atoms with Gasteiger partial charge in [0.15, 0.2) is 0 Å². The number of hydrogen-bond donors (Lipinski definition) is 0. The first kappa shape index (κ1) is 8.97. The minimum absolute atomic E-state index is 0.336. The average molecular weight is 179 g/mol. The van der Waals surface area contributed by atoms with E-state index in [4.69, 9.17) is 11.6 Å². The fraction of sp³-hybridized carbons (Fsp3) is 0.667. The van der Waals surface area contributed by atoms with Crippen LogP contribution in [0.3, 0.4) is 0 Å². The zero-order valence-corrected chi connectivity index (χ0v) is 5.61. The number of halogens is 4. The Morgan fingerprint density at radius 1 is 1.56 bits per heavy atom. The third-order valence-corrected chi connectivity index (χ3v) is 1.08. The van der Waals surface area contributed by atoms with Gasteiger partial charge in [0.25, 0.3) is 0 Å². The Labute approximate surface area is 57.9 Å². The molecular weight excluding hydrogens is 177 g/mol. The van der Waals surface area contributed by atoms with Crippen LogP contribution in [0.5, 0.6) is 0 Å². The highest BCUT2D eigenvalue weighted by molar-refractivity contribution is 7.70. The zero-order valence-electron chi connectivity index (χ0n) is 4.04. The Balaban J connectivity index is 3.89. The van der Waals surface area contributed by atoms with E-state index in [1.807, 2.05) is 0 Å². The van der Waals surface area contributed by atoms with Gasteiger partial charge in [0.2, 0.25) is 0 Å². The lowest BCUT2D eigenvalue weighted by Crippen LogP contribution is -2.10. The maximum atomic E-state index is 11.2. The van der Waals surface area contributed by atoms with E-state index in [-0.39, 0.29) is 11.3 Å². The smallest absolute Gasteiger partial charge is 0.211 e. The lowest BCUT2D eigenvalue weighted by molar-refractivity contribution is -0.120. The molecule has 1 nitrogen and oxygen atoms in total. The summed E-state index contributed by atoms with van der Waals surface area (Å²) in [6, 6.07) is 0. The topological polar surface area (TPSA) is 17.1 Å². The first-order chi connectivity index (χ1) is 3.95. The minimum atomic E-state index is -4.37. The van der Waals surface area contributed by atoms with Crippen molar-refractivity contribution >= 4 is 27.2 Å². The molecule has 0 atom stereocenters. The first-order valence-corrected chi connectivity index (χ1v) is 2.95. The molecule has 0 fully saturated rings. The molecule has 0 N–H and O–H groups in total. The van der Waals surface area contributed by atoms with Crippen LogP contribution in [0.15, 0.2) is 0 Å². The monoisotopic (exact) mass is 178 g/mol. The molecule has 0 spiro atoms. The molecule has 0 amide bonds. The van der Waals surface area contributed by atoms with Crippen LogP contribution in [0.25, 0.3) is 0 Å². The molecule has 0 saturated heterocycles. The third kappa shape index (κ3) is 5.85. The third-order valence-electron chi connectivity index (χ3n) is 0.430. The van der Waals surface area contributed by atoms with Crippen LogP contribution in [-0.4, -0.2) is 14.7 Å². The molecule has 0 bridgehead atoms. The highest BCUT2D eigenvalue weighted by Gasteiger charge is 2.28. The predicted molar refractivity (Wildman–Crippen MR) is 29.7 cm³/mol. The molecule has 0 radical (unpaired) electrons. The second-order valence-corrected chi connectivity index (χ2v) is 2.57. The van der Waals surface area contributed by atoms with Crippen molar-refractivity contribution in [2.45, 2.75) is 12.6 Å². The van der Waals surface area contributed by atoms with Gasteiger partial charge in [0.05, 0.1) is 6.42 Å². The van der Waals surface area contributed by atoms with E-state index in [1.165, 1.54) is 0 Å². The molecule has 0 aromatic rings. The van der Waals surface area contributed by atoms with E-state index < -0.39 is 16.9 Å². The number of hydrogen-bond acceptors (Lipinski definition) is 1. The van der Waals surface area contributed by atoms with E-state index in [9.17, 15) is 17.4 Å². The molecule has 54 valence electrons. The highest BCUT2D eigenvalue weighted by atomic mass is 35.5. The van der Waals surface area contributed by atoms with Crippen molar-refractivity contribution in [3.63, 3.8) is 0 Å². The molecule has 9 heavy (non-hydrogen) atoms. The molecule has 0 aliphatic carbocycles. The van der Waals surface area contributed by atoms with Crippen molar-refractivity contribution < 1.29 is 17.4 Å². The van der Waals surface area contributed by atoms with Crippen LogP contribution in [0, 0.1) is 0 Å². The van der Waals surface area contributed by atoms with Gasteiger partial charge in [-0.15, -0.1) is 0 Å². The van der Waals surface area contributed by atoms with Crippen LogP contribution >= 0.6 is 11.6 Å². The first-order valence-electron chi connectivity index (χ1n) is 1.83. The summed E-state index contributed by atoms with van der Waals surface area (Å²) >= 11 is 4.46. The Bertz CT molecular complexity index is 148. The normalized spacial score (nSPS) is 11.1. The predicted octanol–water partition coefficient (Wildman–Crippen LogP) is 1.52. The SMILES string of the molecule is O=S=C(Cl)CC(F)(F)F. The quantitative estimate of drug-likeness (QED) is 0.440. The lowest BCUT2D eigenvalue weighted by atomic mass is 10.5. The fourth-order valence-corrected chi connectivity index (χ4v) is 0.561. The summed E-state index contributed by atoms with van der Waals surface area (Å²) in [5.74, 6) is 0. The summed E-state index contributed by atoms with van der Waals surface area (Å²) < 4.78 is 42.6. The second-order valence-electron chi connectivity index (χ2n) is 1.23. The van der Waals surface area contributed by atoms with Crippen molar-refractivity contribution in [1.29, 1.82) is 0 Å². The molecule has 0 aliphatic heterocycles. The molecule has 0 unspecified atom stereocenters. The second kappa shape index (κ2) is 3.22. The van der Waals surface area contributed by atoms with E-state index in [2.05, 4.69) is 0 Å². The van der Waals surface area contributed by atoms with Gasteiger partial charge in [-0.1, -0.05) is 11.6 Å². The van der Waals surface area contributed by atoms with Gasteiger partial charge < -0.3 is 0 Å². The van der Waals surface area contributed by atoms with Crippen LogP contribution in [0.1, 0.15) is 6.42 Å². The molecule has 0 heterocycles. The molecule has 6 heteroatoms. The van der Waals surface area contributed by atoms with Crippen molar-refractivity contribution in [3.05, 3.63) is 0 Å². The summed E-state index contributed by atoms with van der Waals surface area (Å²) in [6.45, 7) is 0. The summed E-state index contributed by atoms with van der Waals surface area (Å²) in [5.41, 5.74) is 0. The van der Waals surface area contributed by atoms with E-state index in [1.54, 1.807) is 0 Å². The molecule has 0 saturated carbocycles. The van der Waals surface area contributed by atoms with Crippen molar-refractivity contribution in [1.82, 2.24) is 0 Å². The molecule has 0 aliphatic rings. The summed E-state index contributed by atoms with van der Waals surface area (Å²) in [4.78, 5) is 0. The minimum Gasteiger partial charge on any atom is -0.211 e. The summed E-state index contributed by atoms with van der Waals surface area (Å²) in [5, 5.41) is 0. The molecule has 0 aromatic heterocycles. The van der Waals surface area contributed by atoms with Crippen molar-refractivity contribution in [2.75, 3.05) is 0 Å². The van der Waals surface area contributed by atoms with Crippen LogP contribution in [0.2, 0.25) is 0 Å². The average Bonchev–Trinajstić information content (AvgIpc) is 1.62. The fourth-order valence-electron chi connectivity index (χ4n) is 0.187. The molecule has 0 rings (SSSR count). The maximum absolute atomic E-state index is 11.2. The number of rotatable bonds is 1. The number of alkyl halides is 3. The highest BCUT2D eigenvalue weighted by Crippen LogP contribution is 2.20. The van der Waals surface area contributed by atoms with Crippen molar-refractivity contribution in [2.24, 2.45) is 0 Å². The Kier molecular flexibility index (Phi) is 3.21. The van der Waals surface area contributed by atoms with Gasteiger partial charge in [-0.25, -0.2) is 4.21 Å². The van der Waals surface area contributed by atoms with E-state index >= 15 is 0 Å². The van der Waals surface area contributed by atoms with Crippen molar-refractivity contribution in [3.8, 4) is 0 Å².